The predicted molar refractivity (Wildman–Crippen MR) is 70.4 cm³/mol. The molecule has 0 saturated heterocycles. The lowest BCUT2D eigenvalue weighted by Gasteiger charge is -2.48. The van der Waals surface area contributed by atoms with Crippen LogP contribution in [-0.2, 0) is 11.8 Å². The number of phenols is 1. The molecule has 1 aromatic rings. The molecule has 92 valence electrons. The zero-order chi connectivity index (χ0) is 11.9. The fourth-order valence-electron chi connectivity index (χ4n) is 4.32. The van der Waals surface area contributed by atoms with Crippen molar-refractivity contribution in [3.8, 4) is 5.75 Å². The highest BCUT2D eigenvalue weighted by Gasteiger charge is 2.43. The maximum Gasteiger partial charge on any atom is 0.115 e. The molecule has 0 spiro atoms. The van der Waals surface area contributed by atoms with E-state index in [-0.39, 0.29) is 0 Å². The first-order chi connectivity index (χ1) is 8.26. The van der Waals surface area contributed by atoms with Crippen LogP contribution >= 0.6 is 0 Å². The molecule has 2 atom stereocenters. The Hall–Kier alpha value is -0.980. The molecular weight excluding hydrogens is 208 g/mol. The summed E-state index contributed by atoms with van der Waals surface area (Å²) in [5, 5.41) is 9.79. The van der Waals surface area contributed by atoms with Gasteiger partial charge in [-0.05, 0) is 66.7 Å². The molecule has 17 heavy (non-hydrogen) atoms. The Morgan fingerprint density at radius 2 is 2.18 bits per heavy atom. The molecule has 0 amide bonds. The number of hydrogen-bond donors (Lipinski definition) is 1. The summed E-state index contributed by atoms with van der Waals surface area (Å²) in [5.41, 5.74) is 3.34. The van der Waals surface area contributed by atoms with Crippen molar-refractivity contribution in [2.45, 2.75) is 57.3 Å². The summed E-state index contributed by atoms with van der Waals surface area (Å²) in [6.07, 6.45) is 9.27. The monoisotopic (exact) mass is 230 g/mol. The fraction of sp³-hybridized carbons (Fsp3) is 0.625. The summed E-state index contributed by atoms with van der Waals surface area (Å²) in [6.45, 7) is 2.33. The summed E-state index contributed by atoms with van der Waals surface area (Å²) in [7, 11) is 0. The maximum absolute atomic E-state index is 9.79. The Labute approximate surface area is 104 Å². The van der Waals surface area contributed by atoms with E-state index in [2.05, 4.69) is 19.1 Å². The quantitative estimate of drug-likeness (QED) is 0.767. The highest BCUT2D eigenvalue weighted by molar-refractivity contribution is 5.43. The summed E-state index contributed by atoms with van der Waals surface area (Å²) < 4.78 is 0. The number of rotatable bonds is 1. The van der Waals surface area contributed by atoms with Crippen molar-refractivity contribution in [1.82, 2.24) is 0 Å². The fourth-order valence-corrected chi connectivity index (χ4v) is 4.32. The topological polar surface area (TPSA) is 20.2 Å². The maximum atomic E-state index is 9.79. The van der Waals surface area contributed by atoms with Gasteiger partial charge in [-0.15, -0.1) is 0 Å². The van der Waals surface area contributed by atoms with Gasteiger partial charge in [0.2, 0.25) is 0 Å². The van der Waals surface area contributed by atoms with Gasteiger partial charge in [0.05, 0.1) is 0 Å². The first-order valence-corrected chi connectivity index (χ1v) is 7.08. The van der Waals surface area contributed by atoms with Gasteiger partial charge in [-0.1, -0.05) is 25.8 Å². The number of benzene rings is 1. The van der Waals surface area contributed by atoms with E-state index in [0.717, 1.165) is 5.92 Å². The number of fused-ring (bicyclic) bond motifs is 3. The van der Waals surface area contributed by atoms with Crippen LogP contribution in [-0.4, -0.2) is 5.11 Å². The van der Waals surface area contributed by atoms with Crippen LogP contribution in [0.4, 0.5) is 0 Å². The van der Waals surface area contributed by atoms with Gasteiger partial charge in [-0.25, -0.2) is 0 Å². The Kier molecular flexibility index (Phi) is 2.65. The molecule has 1 fully saturated rings. The highest BCUT2D eigenvalue weighted by Crippen LogP contribution is 2.52. The smallest absolute Gasteiger partial charge is 0.115 e. The SMILES string of the molecule is CC[C@]12CCCCC1CCc1ccc(O)cc12. The number of aryl methyl sites for hydroxylation is 1. The predicted octanol–water partition coefficient (Wildman–Crippen LogP) is 4.18. The van der Waals surface area contributed by atoms with Crippen LogP contribution in [0.3, 0.4) is 0 Å². The normalized spacial score (nSPS) is 31.7. The van der Waals surface area contributed by atoms with Gasteiger partial charge >= 0.3 is 0 Å². The molecule has 2 aliphatic rings. The molecule has 0 bridgehead atoms. The zero-order valence-corrected chi connectivity index (χ0v) is 10.7. The Balaban J connectivity index is 2.13. The second-order valence-corrected chi connectivity index (χ2v) is 5.83. The van der Waals surface area contributed by atoms with Gasteiger partial charge in [0.15, 0.2) is 0 Å². The molecule has 3 rings (SSSR count). The molecule has 1 N–H and O–H groups in total. The molecule has 1 nitrogen and oxygen atoms in total. The molecule has 0 heterocycles. The van der Waals surface area contributed by atoms with Gasteiger partial charge < -0.3 is 5.11 Å². The average Bonchev–Trinajstić information content (AvgIpc) is 2.38. The molecule has 1 heteroatoms. The lowest BCUT2D eigenvalue weighted by molar-refractivity contribution is 0.153. The lowest BCUT2D eigenvalue weighted by Crippen LogP contribution is -2.41. The van der Waals surface area contributed by atoms with E-state index in [9.17, 15) is 5.11 Å². The second-order valence-electron chi connectivity index (χ2n) is 5.83. The van der Waals surface area contributed by atoms with E-state index >= 15 is 0 Å². The number of aromatic hydroxyl groups is 1. The Morgan fingerprint density at radius 1 is 1.29 bits per heavy atom. The van der Waals surface area contributed by atoms with Crippen molar-refractivity contribution in [2.75, 3.05) is 0 Å². The zero-order valence-electron chi connectivity index (χ0n) is 10.7. The van der Waals surface area contributed by atoms with Crippen molar-refractivity contribution in [1.29, 1.82) is 0 Å². The number of hydrogen-bond acceptors (Lipinski definition) is 1. The summed E-state index contributed by atoms with van der Waals surface area (Å²) in [5.74, 6) is 1.30. The van der Waals surface area contributed by atoms with Crippen molar-refractivity contribution < 1.29 is 5.11 Å². The molecule has 2 aliphatic carbocycles. The molecule has 0 radical (unpaired) electrons. The lowest BCUT2D eigenvalue weighted by atomic mass is 9.56. The highest BCUT2D eigenvalue weighted by atomic mass is 16.3. The van der Waals surface area contributed by atoms with E-state index in [4.69, 9.17) is 0 Å². The van der Waals surface area contributed by atoms with E-state index < -0.39 is 0 Å². The van der Waals surface area contributed by atoms with Crippen molar-refractivity contribution in [2.24, 2.45) is 5.92 Å². The van der Waals surface area contributed by atoms with Crippen LogP contribution in [0, 0.1) is 5.92 Å². The molecule has 1 unspecified atom stereocenters. The summed E-state index contributed by atoms with van der Waals surface area (Å²) in [4.78, 5) is 0. The molecule has 0 aromatic heterocycles. The van der Waals surface area contributed by atoms with Crippen molar-refractivity contribution in [3.05, 3.63) is 29.3 Å². The van der Waals surface area contributed by atoms with Crippen LogP contribution in [0.1, 0.15) is 56.6 Å². The third-order valence-corrected chi connectivity index (χ3v) is 5.23. The van der Waals surface area contributed by atoms with Crippen molar-refractivity contribution in [3.63, 3.8) is 0 Å². The first-order valence-electron chi connectivity index (χ1n) is 7.08. The third-order valence-electron chi connectivity index (χ3n) is 5.23. The Bertz CT molecular complexity index is 424. The van der Waals surface area contributed by atoms with E-state index in [1.165, 1.54) is 56.1 Å². The van der Waals surface area contributed by atoms with Gasteiger partial charge in [0, 0.05) is 0 Å². The first kappa shape index (κ1) is 11.1. The van der Waals surface area contributed by atoms with Gasteiger partial charge in [-0.2, -0.15) is 0 Å². The number of phenolic OH excluding ortho intramolecular Hbond substituents is 1. The molecule has 1 aromatic carbocycles. The van der Waals surface area contributed by atoms with Crippen molar-refractivity contribution >= 4 is 0 Å². The van der Waals surface area contributed by atoms with Crippen LogP contribution < -0.4 is 0 Å². The summed E-state index contributed by atoms with van der Waals surface area (Å²) >= 11 is 0. The minimum absolute atomic E-state index is 0.380. The second kappa shape index (κ2) is 4.04. The van der Waals surface area contributed by atoms with E-state index in [1.54, 1.807) is 0 Å². The van der Waals surface area contributed by atoms with Gasteiger partial charge in [0.1, 0.15) is 5.75 Å². The average molecular weight is 230 g/mol. The van der Waals surface area contributed by atoms with Crippen LogP contribution in [0.2, 0.25) is 0 Å². The Morgan fingerprint density at radius 3 is 3.00 bits per heavy atom. The molecular formula is C16H22O. The van der Waals surface area contributed by atoms with Gasteiger partial charge in [0.25, 0.3) is 0 Å². The van der Waals surface area contributed by atoms with Gasteiger partial charge in [-0.3, -0.25) is 0 Å². The summed E-state index contributed by atoms with van der Waals surface area (Å²) in [6, 6.07) is 6.05. The minimum atomic E-state index is 0.380. The standard InChI is InChI=1S/C16H22O/c1-2-16-10-4-3-5-13(16)8-6-12-7-9-14(17)11-15(12)16/h7,9,11,13,17H,2-6,8,10H2,1H3/t13?,16-/m0/s1. The van der Waals surface area contributed by atoms with Crippen LogP contribution in [0.15, 0.2) is 18.2 Å². The van der Waals surface area contributed by atoms with E-state index in [0.29, 0.717) is 11.2 Å². The third kappa shape index (κ3) is 1.59. The largest absolute Gasteiger partial charge is 0.508 e. The van der Waals surface area contributed by atoms with E-state index in [1.807, 2.05) is 6.07 Å². The minimum Gasteiger partial charge on any atom is -0.508 e. The van der Waals surface area contributed by atoms with Crippen LogP contribution in [0.25, 0.3) is 0 Å². The molecule has 1 saturated carbocycles. The van der Waals surface area contributed by atoms with Crippen LogP contribution in [0.5, 0.6) is 5.75 Å². The molecule has 0 aliphatic heterocycles.